The average Bonchev–Trinajstić information content (AvgIpc) is 3.46. The van der Waals surface area contributed by atoms with Gasteiger partial charge in [0.25, 0.3) is 0 Å². The van der Waals surface area contributed by atoms with Crippen molar-refractivity contribution in [2.24, 2.45) is 0 Å². The Morgan fingerprint density at radius 3 is 2.78 bits per heavy atom. The number of carbonyl (C=O) groups excluding carboxylic acids is 1. The molecule has 0 amide bonds. The third kappa shape index (κ3) is 3.91. The number of thiazole rings is 1. The van der Waals surface area contributed by atoms with Crippen molar-refractivity contribution in [1.29, 1.82) is 0 Å². The molecule has 0 radical (unpaired) electrons. The van der Waals surface area contributed by atoms with E-state index in [1.807, 2.05) is 12.1 Å². The molecule has 1 saturated carbocycles. The summed E-state index contributed by atoms with van der Waals surface area (Å²) in [5, 5.41) is 3.50. The lowest BCUT2D eigenvalue weighted by molar-refractivity contribution is 0.104. The Kier molecular flexibility index (Phi) is 4.75. The van der Waals surface area contributed by atoms with Gasteiger partial charge in [0.1, 0.15) is 0 Å². The summed E-state index contributed by atoms with van der Waals surface area (Å²) < 4.78 is 24.8. The van der Waals surface area contributed by atoms with Gasteiger partial charge in [0.05, 0.1) is 21.2 Å². The van der Waals surface area contributed by atoms with Crippen LogP contribution in [0.4, 0.5) is 5.13 Å². The molecule has 0 saturated heterocycles. The summed E-state index contributed by atoms with van der Waals surface area (Å²) in [6.45, 7) is 0.560. The second-order valence-electron chi connectivity index (χ2n) is 6.35. The predicted molar refractivity (Wildman–Crippen MR) is 104 cm³/mol. The monoisotopic (exact) mass is 399 g/mol. The lowest BCUT2D eigenvalue weighted by Crippen LogP contribution is -2.08. The molecular formula is C19H17N3O3S2. The number of hydrogen-bond donors (Lipinski definition) is 1. The first kappa shape index (κ1) is 17.8. The zero-order chi connectivity index (χ0) is 18.9. The van der Waals surface area contributed by atoms with Gasteiger partial charge in [-0.1, -0.05) is 29.5 Å². The Balaban J connectivity index is 1.49. The Bertz CT molecular complexity index is 1070. The van der Waals surface area contributed by atoms with Crippen LogP contribution in [0.5, 0.6) is 0 Å². The van der Waals surface area contributed by atoms with Crippen LogP contribution in [-0.4, -0.2) is 29.4 Å². The minimum absolute atomic E-state index is 0.218. The van der Waals surface area contributed by atoms with E-state index in [1.165, 1.54) is 23.6 Å². The van der Waals surface area contributed by atoms with Gasteiger partial charge in [-0.3, -0.25) is 9.78 Å². The molecule has 1 aliphatic carbocycles. The van der Waals surface area contributed by atoms with E-state index in [1.54, 1.807) is 30.6 Å². The molecule has 1 aliphatic rings. The minimum Gasteiger partial charge on any atom is -0.357 e. The number of rotatable bonds is 7. The quantitative estimate of drug-likeness (QED) is 0.613. The predicted octanol–water partition coefficient (Wildman–Crippen LogP) is 3.32. The summed E-state index contributed by atoms with van der Waals surface area (Å²) in [5.74, 6) is -0.227. The first-order valence-electron chi connectivity index (χ1n) is 8.51. The highest BCUT2D eigenvalue weighted by Gasteiger charge is 2.37. The second-order valence-corrected chi connectivity index (χ2v) is 9.60. The first-order chi connectivity index (χ1) is 13.0. The average molecular weight is 399 g/mol. The van der Waals surface area contributed by atoms with Crippen molar-refractivity contribution in [2.45, 2.75) is 29.5 Å². The largest absolute Gasteiger partial charge is 0.357 e. The smallest absolute Gasteiger partial charge is 0.204 e. The number of nitrogens with one attached hydrogen (secondary N) is 1. The fourth-order valence-electron chi connectivity index (χ4n) is 2.67. The van der Waals surface area contributed by atoms with Gasteiger partial charge in [0, 0.05) is 24.5 Å². The van der Waals surface area contributed by atoms with E-state index in [4.69, 9.17) is 0 Å². The van der Waals surface area contributed by atoms with Crippen LogP contribution >= 0.6 is 11.3 Å². The number of anilines is 1. The van der Waals surface area contributed by atoms with E-state index < -0.39 is 9.84 Å². The third-order valence-corrected chi connectivity index (χ3v) is 7.50. The summed E-state index contributed by atoms with van der Waals surface area (Å²) in [5.41, 5.74) is 1.37. The zero-order valence-electron chi connectivity index (χ0n) is 14.3. The topological polar surface area (TPSA) is 89.0 Å². The highest BCUT2D eigenvalue weighted by Crippen LogP contribution is 2.34. The Labute approximate surface area is 161 Å². The summed E-state index contributed by atoms with van der Waals surface area (Å²) in [6, 6.07) is 10.1. The molecule has 2 aromatic heterocycles. The summed E-state index contributed by atoms with van der Waals surface area (Å²) in [4.78, 5) is 21.7. The van der Waals surface area contributed by atoms with Crippen LogP contribution in [0.25, 0.3) is 0 Å². The van der Waals surface area contributed by atoms with Crippen molar-refractivity contribution in [1.82, 2.24) is 9.97 Å². The summed E-state index contributed by atoms with van der Waals surface area (Å²) in [7, 11) is -3.32. The number of carbonyl (C=O) groups is 1. The number of aromatic nitrogens is 2. The molecule has 1 N–H and O–H groups in total. The van der Waals surface area contributed by atoms with Gasteiger partial charge in [-0.15, -0.1) is 0 Å². The van der Waals surface area contributed by atoms with E-state index >= 15 is 0 Å². The van der Waals surface area contributed by atoms with Crippen molar-refractivity contribution in [2.75, 3.05) is 5.32 Å². The highest BCUT2D eigenvalue weighted by molar-refractivity contribution is 7.92. The normalized spacial score (nSPS) is 14.1. The summed E-state index contributed by atoms with van der Waals surface area (Å²) >= 11 is 1.25. The maximum Gasteiger partial charge on any atom is 0.204 e. The highest BCUT2D eigenvalue weighted by atomic mass is 32.2. The molecule has 0 spiro atoms. The molecule has 0 unspecified atom stereocenters. The van der Waals surface area contributed by atoms with E-state index in [2.05, 4.69) is 15.3 Å². The number of hydrogen-bond acceptors (Lipinski definition) is 7. The van der Waals surface area contributed by atoms with Gasteiger partial charge in [-0.25, -0.2) is 13.4 Å². The molecule has 0 aliphatic heterocycles. The Morgan fingerprint density at radius 1 is 1.19 bits per heavy atom. The maximum atomic E-state index is 12.7. The van der Waals surface area contributed by atoms with Gasteiger partial charge in [-0.2, -0.15) is 0 Å². The minimum atomic E-state index is -3.32. The van der Waals surface area contributed by atoms with Crippen LogP contribution in [0.2, 0.25) is 0 Å². The van der Waals surface area contributed by atoms with E-state index in [0.717, 1.165) is 5.56 Å². The molecule has 1 aromatic carbocycles. The number of nitrogens with zero attached hydrogens (tertiary/aromatic N) is 2. The van der Waals surface area contributed by atoms with E-state index in [9.17, 15) is 13.2 Å². The van der Waals surface area contributed by atoms with Gasteiger partial charge in [-0.05, 0) is 36.6 Å². The van der Waals surface area contributed by atoms with Gasteiger partial charge in [0.2, 0.25) is 5.78 Å². The van der Waals surface area contributed by atoms with Crippen LogP contribution in [-0.2, 0) is 16.4 Å². The van der Waals surface area contributed by atoms with Crippen molar-refractivity contribution < 1.29 is 13.2 Å². The fraction of sp³-hybridized carbons (Fsp3) is 0.211. The first-order valence-corrected chi connectivity index (χ1v) is 10.9. The molecule has 1 fully saturated rings. The number of ketones is 1. The van der Waals surface area contributed by atoms with Crippen LogP contribution < -0.4 is 5.32 Å². The van der Waals surface area contributed by atoms with Crippen molar-refractivity contribution in [3.05, 3.63) is 71.0 Å². The Morgan fingerprint density at radius 2 is 2.04 bits per heavy atom. The molecular weight excluding hydrogens is 382 g/mol. The zero-order valence-corrected chi connectivity index (χ0v) is 16.0. The van der Waals surface area contributed by atoms with Crippen LogP contribution in [0.1, 0.15) is 33.6 Å². The molecule has 8 heteroatoms. The van der Waals surface area contributed by atoms with Crippen LogP contribution in [0.15, 0.2) is 59.9 Å². The van der Waals surface area contributed by atoms with E-state index in [-0.39, 0.29) is 15.9 Å². The Hall–Kier alpha value is -2.58. The molecule has 138 valence electrons. The molecule has 0 atom stereocenters. The molecule has 3 aromatic rings. The fourth-order valence-corrected chi connectivity index (χ4v) is 5.14. The van der Waals surface area contributed by atoms with Crippen LogP contribution in [0, 0.1) is 0 Å². The van der Waals surface area contributed by atoms with Crippen molar-refractivity contribution in [3.63, 3.8) is 0 Å². The standard InChI is InChI=1S/C19H17N3O3S2/c23-18(14-4-1-5-16(9-14)27(24,25)15-6-7-15)17-12-22-19(26-17)21-11-13-3-2-8-20-10-13/h1-5,8-10,12,15H,6-7,11H2,(H,21,22). The van der Waals surface area contributed by atoms with Crippen molar-refractivity contribution >= 4 is 32.1 Å². The SMILES string of the molecule is O=C(c1cccc(S(=O)(=O)C2CC2)c1)c1cnc(NCc2cccnc2)s1. The molecule has 4 rings (SSSR count). The molecule has 2 heterocycles. The molecule has 0 bridgehead atoms. The number of benzene rings is 1. The maximum absolute atomic E-state index is 12.7. The van der Waals surface area contributed by atoms with Gasteiger partial charge in [0.15, 0.2) is 15.0 Å². The van der Waals surface area contributed by atoms with Crippen molar-refractivity contribution in [3.8, 4) is 0 Å². The molecule has 6 nitrogen and oxygen atoms in total. The number of sulfone groups is 1. The van der Waals surface area contributed by atoms with Crippen LogP contribution in [0.3, 0.4) is 0 Å². The summed E-state index contributed by atoms with van der Waals surface area (Å²) in [6.07, 6.45) is 6.38. The number of pyridine rings is 1. The molecule has 27 heavy (non-hydrogen) atoms. The lowest BCUT2D eigenvalue weighted by atomic mass is 10.1. The third-order valence-electron chi connectivity index (χ3n) is 4.28. The van der Waals surface area contributed by atoms with E-state index in [0.29, 0.717) is 35.0 Å². The van der Waals surface area contributed by atoms with Gasteiger partial charge >= 0.3 is 0 Å². The second kappa shape index (κ2) is 7.21. The van der Waals surface area contributed by atoms with Gasteiger partial charge < -0.3 is 5.32 Å². The lowest BCUT2D eigenvalue weighted by Gasteiger charge is -2.04.